The predicted octanol–water partition coefficient (Wildman–Crippen LogP) is 4.10. The monoisotopic (exact) mass is 300 g/mol. The van der Waals surface area contributed by atoms with Gasteiger partial charge in [0.15, 0.2) is 11.4 Å². The average molecular weight is 300 g/mol. The second-order valence-corrected chi connectivity index (χ2v) is 6.89. The maximum absolute atomic E-state index is 11.4. The van der Waals surface area contributed by atoms with Crippen molar-refractivity contribution in [2.45, 2.75) is 20.3 Å². The van der Waals surface area contributed by atoms with Crippen LogP contribution in [0.5, 0.6) is 0 Å². The van der Waals surface area contributed by atoms with E-state index in [0.29, 0.717) is 5.92 Å². The summed E-state index contributed by atoms with van der Waals surface area (Å²) in [5, 5.41) is 0.981. The molecule has 21 heavy (non-hydrogen) atoms. The van der Waals surface area contributed by atoms with Crippen molar-refractivity contribution in [2.75, 3.05) is 18.0 Å². The maximum Gasteiger partial charge on any atom is 0.186 e. The molecule has 1 aromatic carbocycles. The summed E-state index contributed by atoms with van der Waals surface area (Å²) in [5.41, 5.74) is 1.83. The second kappa shape index (κ2) is 5.98. The molecule has 0 aliphatic carbocycles. The highest BCUT2D eigenvalue weighted by atomic mass is 32.1. The molecule has 0 N–H and O–H groups in total. The lowest BCUT2D eigenvalue weighted by Crippen LogP contribution is -2.38. The molecule has 0 amide bonds. The minimum atomic E-state index is 0.669. The number of hydrogen-bond acceptors (Lipinski definition) is 4. The Labute approximate surface area is 129 Å². The number of carbonyl (C=O) groups excluding carboxylic acids is 1. The van der Waals surface area contributed by atoms with Crippen molar-refractivity contribution in [3.05, 3.63) is 35.2 Å². The third-order valence-corrected chi connectivity index (χ3v) is 5.44. The van der Waals surface area contributed by atoms with Gasteiger partial charge in [0.05, 0.1) is 10.6 Å². The Bertz CT molecular complexity index is 623. The van der Waals surface area contributed by atoms with E-state index in [1.807, 2.05) is 30.3 Å². The van der Waals surface area contributed by atoms with Crippen molar-refractivity contribution in [1.29, 1.82) is 0 Å². The lowest BCUT2D eigenvalue weighted by Gasteiger charge is -2.35. The number of rotatable bonds is 3. The largest absolute Gasteiger partial charge is 0.348 e. The standard InChI is InChI=1S/C17H20N2OS/c1-12-8-9-19(10-13(12)2)17-18-16(15(11-20)21-17)14-6-4-3-5-7-14/h3-7,11-13H,8-10H2,1-2H3. The third kappa shape index (κ3) is 2.86. The Morgan fingerprint density at radius 2 is 2.00 bits per heavy atom. The summed E-state index contributed by atoms with van der Waals surface area (Å²) in [6, 6.07) is 9.95. The van der Waals surface area contributed by atoms with E-state index in [9.17, 15) is 4.79 Å². The molecule has 110 valence electrons. The first-order chi connectivity index (χ1) is 10.2. The molecule has 0 bridgehead atoms. The highest BCUT2D eigenvalue weighted by Gasteiger charge is 2.25. The van der Waals surface area contributed by atoms with Crippen LogP contribution < -0.4 is 4.90 Å². The van der Waals surface area contributed by atoms with Crippen LogP contribution >= 0.6 is 11.3 Å². The number of piperidine rings is 1. The lowest BCUT2D eigenvalue weighted by atomic mass is 9.89. The van der Waals surface area contributed by atoms with Crippen LogP contribution in [-0.4, -0.2) is 24.4 Å². The number of benzene rings is 1. The molecule has 3 rings (SSSR count). The van der Waals surface area contributed by atoms with Crippen LogP contribution in [0.15, 0.2) is 30.3 Å². The molecule has 1 aliphatic heterocycles. The summed E-state index contributed by atoms with van der Waals surface area (Å²) < 4.78 is 0. The number of anilines is 1. The zero-order chi connectivity index (χ0) is 14.8. The molecule has 0 radical (unpaired) electrons. The molecule has 3 nitrogen and oxygen atoms in total. The van der Waals surface area contributed by atoms with Gasteiger partial charge in [-0.1, -0.05) is 55.5 Å². The SMILES string of the molecule is CC1CCN(c2nc(-c3ccccc3)c(C=O)s2)CC1C. The Kier molecular flexibility index (Phi) is 4.06. The van der Waals surface area contributed by atoms with Crippen LogP contribution in [0.3, 0.4) is 0 Å². The fraction of sp³-hybridized carbons (Fsp3) is 0.412. The Morgan fingerprint density at radius 1 is 1.24 bits per heavy atom. The zero-order valence-corrected chi connectivity index (χ0v) is 13.3. The molecule has 0 spiro atoms. The smallest absolute Gasteiger partial charge is 0.186 e. The lowest BCUT2D eigenvalue weighted by molar-refractivity contribution is 0.112. The quantitative estimate of drug-likeness (QED) is 0.800. The van der Waals surface area contributed by atoms with Crippen LogP contribution in [0.25, 0.3) is 11.3 Å². The van der Waals surface area contributed by atoms with E-state index in [4.69, 9.17) is 4.98 Å². The molecule has 0 saturated carbocycles. The van der Waals surface area contributed by atoms with E-state index in [2.05, 4.69) is 18.7 Å². The van der Waals surface area contributed by atoms with Crippen LogP contribution in [0.4, 0.5) is 5.13 Å². The van der Waals surface area contributed by atoms with Crippen LogP contribution in [0.1, 0.15) is 29.9 Å². The van der Waals surface area contributed by atoms with E-state index >= 15 is 0 Å². The Hall–Kier alpha value is -1.68. The molecule has 2 unspecified atom stereocenters. The van der Waals surface area contributed by atoms with Crippen molar-refractivity contribution in [3.8, 4) is 11.3 Å². The molecule has 1 aromatic heterocycles. The first kappa shape index (κ1) is 14.3. The van der Waals surface area contributed by atoms with Crippen molar-refractivity contribution in [1.82, 2.24) is 4.98 Å². The summed E-state index contributed by atoms with van der Waals surface area (Å²) in [6.45, 7) is 6.67. The number of carbonyl (C=O) groups is 1. The third-order valence-electron chi connectivity index (χ3n) is 4.40. The predicted molar refractivity (Wildman–Crippen MR) is 88.1 cm³/mol. The van der Waals surface area contributed by atoms with Crippen molar-refractivity contribution >= 4 is 22.8 Å². The van der Waals surface area contributed by atoms with Gasteiger partial charge in [0.25, 0.3) is 0 Å². The van der Waals surface area contributed by atoms with Crippen molar-refractivity contribution in [2.24, 2.45) is 11.8 Å². The van der Waals surface area contributed by atoms with Gasteiger partial charge in [-0.2, -0.15) is 0 Å². The summed E-state index contributed by atoms with van der Waals surface area (Å²) in [4.78, 5) is 19.2. The second-order valence-electron chi connectivity index (χ2n) is 5.88. The van der Waals surface area contributed by atoms with E-state index in [1.54, 1.807) is 0 Å². The minimum absolute atomic E-state index is 0.669. The number of hydrogen-bond donors (Lipinski definition) is 0. The number of aromatic nitrogens is 1. The normalized spacial score (nSPS) is 22.3. The molecule has 2 heterocycles. The van der Waals surface area contributed by atoms with E-state index in [0.717, 1.165) is 46.6 Å². The fourth-order valence-corrected chi connectivity index (χ4v) is 3.71. The molecular weight excluding hydrogens is 280 g/mol. The van der Waals surface area contributed by atoms with Gasteiger partial charge in [0, 0.05) is 18.7 Å². The average Bonchev–Trinajstić information content (AvgIpc) is 2.95. The van der Waals surface area contributed by atoms with Gasteiger partial charge in [-0.3, -0.25) is 4.79 Å². The molecule has 2 aromatic rings. The minimum Gasteiger partial charge on any atom is -0.348 e. The summed E-state index contributed by atoms with van der Waals surface area (Å²) in [5.74, 6) is 1.43. The zero-order valence-electron chi connectivity index (χ0n) is 12.5. The van der Waals surface area contributed by atoms with Gasteiger partial charge >= 0.3 is 0 Å². The maximum atomic E-state index is 11.4. The first-order valence-electron chi connectivity index (χ1n) is 7.45. The molecule has 1 saturated heterocycles. The summed E-state index contributed by atoms with van der Waals surface area (Å²) in [6.07, 6.45) is 2.12. The van der Waals surface area contributed by atoms with E-state index in [1.165, 1.54) is 17.8 Å². The van der Waals surface area contributed by atoms with Gasteiger partial charge in [0.2, 0.25) is 0 Å². The number of aldehydes is 1. The van der Waals surface area contributed by atoms with Gasteiger partial charge in [-0.15, -0.1) is 0 Å². The highest BCUT2D eigenvalue weighted by molar-refractivity contribution is 7.17. The molecule has 1 fully saturated rings. The Morgan fingerprint density at radius 3 is 2.67 bits per heavy atom. The topological polar surface area (TPSA) is 33.2 Å². The van der Waals surface area contributed by atoms with Crippen molar-refractivity contribution < 1.29 is 4.79 Å². The van der Waals surface area contributed by atoms with Crippen LogP contribution in [0, 0.1) is 11.8 Å². The number of nitrogens with zero attached hydrogens (tertiary/aromatic N) is 2. The van der Waals surface area contributed by atoms with E-state index < -0.39 is 0 Å². The van der Waals surface area contributed by atoms with Gasteiger partial charge in [0.1, 0.15) is 0 Å². The van der Waals surface area contributed by atoms with Crippen LogP contribution in [-0.2, 0) is 0 Å². The fourth-order valence-electron chi connectivity index (χ4n) is 2.77. The molecule has 2 atom stereocenters. The molecule has 4 heteroatoms. The first-order valence-corrected chi connectivity index (χ1v) is 8.27. The van der Waals surface area contributed by atoms with Gasteiger partial charge in [-0.25, -0.2) is 4.98 Å². The summed E-state index contributed by atoms with van der Waals surface area (Å²) in [7, 11) is 0. The summed E-state index contributed by atoms with van der Waals surface area (Å²) >= 11 is 1.51. The van der Waals surface area contributed by atoms with Crippen LogP contribution in [0.2, 0.25) is 0 Å². The van der Waals surface area contributed by atoms with Crippen molar-refractivity contribution in [3.63, 3.8) is 0 Å². The van der Waals surface area contributed by atoms with Gasteiger partial charge in [-0.05, 0) is 18.3 Å². The molecule has 1 aliphatic rings. The Balaban J connectivity index is 1.91. The number of thiazole rings is 1. The van der Waals surface area contributed by atoms with E-state index in [-0.39, 0.29) is 0 Å². The highest BCUT2D eigenvalue weighted by Crippen LogP contribution is 2.34. The molecular formula is C17H20N2OS. The van der Waals surface area contributed by atoms with Gasteiger partial charge < -0.3 is 4.90 Å².